The summed E-state index contributed by atoms with van der Waals surface area (Å²) in [7, 11) is 0. The minimum Gasteiger partial charge on any atom is -0.501 e. The van der Waals surface area contributed by atoms with Crippen LogP contribution < -0.4 is 0 Å². The van der Waals surface area contributed by atoms with Gasteiger partial charge >= 0.3 is 0 Å². The Balaban J connectivity index is 1.69. The first-order valence-corrected chi connectivity index (χ1v) is 8.16. The number of hydrogen-bond acceptors (Lipinski definition) is 5. The molecule has 1 aliphatic rings. The summed E-state index contributed by atoms with van der Waals surface area (Å²) < 4.78 is 7.15. The van der Waals surface area contributed by atoms with Gasteiger partial charge in [0.15, 0.2) is 11.5 Å². The van der Waals surface area contributed by atoms with Gasteiger partial charge in [-0.15, -0.1) is 10.2 Å². The second kappa shape index (κ2) is 7.09. The maximum absolute atomic E-state index is 5.35. The Morgan fingerprint density at radius 2 is 2.00 bits per heavy atom. The van der Waals surface area contributed by atoms with Gasteiger partial charge in [-0.1, -0.05) is 18.2 Å². The summed E-state index contributed by atoms with van der Waals surface area (Å²) in [5.41, 5.74) is 3.74. The van der Waals surface area contributed by atoms with Crippen LogP contribution >= 0.6 is 0 Å². The number of ether oxygens (including phenoxy) is 1. The summed E-state index contributed by atoms with van der Waals surface area (Å²) in [5.74, 6) is 0.801. The Bertz CT molecular complexity index is 956. The Labute approximate surface area is 145 Å². The highest BCUT2D eigenvalue weighted by Gasteiger charge is 2.10. The quantitative estimate of drug-likeness (QED) is 0.737. The van der Waals surface area contributed by atoms with E-state index in [0.29, 0.717) is 13.0 Å². The van der Waals surface area contributed by atoms with Crippen LogP contribution in [0.1, 0.15) is 12.2 Å². The highest BCUT2D eigenvalue weighted by Crippen LogP contribution is 2.17. The summed E-state index contributed by atoms with van der Waals surface area (Å²) in [4.78, 5) is 4.05. The van der Waals surface area contributed by atoms with Crippen LogP contribution in [0, 0.1) is 0 Å². The minimum absolute atomic E-state index is 0.648. The van der Waals surface area contributed by atoms with Crippen molar-refractivity contribution in [1.29, 1.82) is 0 Å². The number of hydrogen-bond donors (Lipinski definition) is 0. The molecule has 1 aliphatic heterocycles. The van der Waals surface area contributed by atoms with Crippen LogP contribution in [0.5, 0.6) is 0 Å². The molecule has 0 atom stereocenters. The molecule has 0 N–H and O–H groups in total. The summed E-state index contributed by atoms with van der Waals surface area (Å²) in [6, 6.07) is 7.75. The maximum atomic E-state index is 5.35. The molecule has 4 rings (SSSR count). The molecular weight excluding hydrogens is 314 g/mol. The zero-order valence-electron chi connectivity index (χ0n) is 13.6. The zero-order chi connectivity index (χ0) is 16.9. The van der Waals surface area contributed by atoms with Gasteiger partial charge in [-0.3, -0.25) is 4.98 Å². The predicted molar refractivity (Wildman–Crippen MR) is 94.6 cm³/mol. The van der Waals surface area contributed by atoms with Crippen molar-refractivity contribution < 1.29 is 4.74 Å². The largest absolute Gasteiger partial charge is 0.501 e. The lowest BCUT2D eigenvalue weighted by Gasteiger charge is -2.03. The molecule has 0 bridgehead atoms. The van der Waals surface area contributed by atoms with Gasteiger partial charge in [0.05, 0.1) is 18.6 Å². The number of nitrogens with zero attached hydrogens (tertiary/aromatic N) is 5. The molecule has 3 aromatic heterocycles. The van der Waals surface area contributed by atoms with Crippen molar-refractivity contribution in [3.8, 4) is 11.3 Å². The molecule has 0 unspecified atom stereocenters. The average Bonchev–Trinajstić information content (AvgIpc) is 3.11. The molecule has 0 aliphatic carbocycles. The lowest BCUT2D eigenvalue weighted by Crippen LogP contribution is -2.01. The third kappa shape index (κ3) is 3.47. The van der Waals surface area contributed by atoms with Crippen LogP contribution in [0.15, 0.2) is 72.8 Å². The van der Waals surface area contributed by atoms with E-state index < -0.39 is 0 Å². The fraction of sp³-hybridized carbons (Fsp3) is 0.158. The van der Waals surface area contributed by atoms with Crippen molar-refractivity contribution >= 4 is 5.65 Å². The van der Waals surface area contributed by atoms with Gasteiger partial charge in [0.25, 0.3) is 0 Å². The molecule has 6 nitrogen and oxygen atoms in total. The molecule has 3 aromatic rings. The van der Waals surface area contributed by atoms with Gasteiger partial charge in [-0.2, -0.15) is 9.61 Å². The number of aromatic nitrogens is 5. The van der Waals surface area contributed by atoms with Crippen molar-refractivity contribution in [3.63, 3.8) is 0 Å². The van der Waals surface area contributed by atoms with Crippen LogP contribution in [-0.2, 0) is 11.2 Å². The molecule has 0 amide bonds. The topological polar surface area (TPSA) is 65.2 Å². The van der Waals surface area contributed by atoms with E-state index in [0.717, 1.165) is 34.7 Å². The van der Waals surface area contributed by atoms with E-state index >= 15 is 0 Å². The van der Waals surface area contributed by atoms with Crippen molar-refractivity contribution in [2.75, 3.05) is 6.61 Å². The number of rotatable bonds is 3. The van der Waals surface area contributed by atoms with E-state index in [1.165, 1.54) is 0 Å². The van der Waals surface area contributed by atoms with Gasteiger partial charge in [0.2, 0.25) is 0 Å². The Morgan fingerprint density at radius 1 is 1.08 bits per heavy atom. The van der Waals surface area contributed by atoms with E-state index in [2.05, 4.69) is 27.3 Å². The van der Waals surface area contributed by atoms with Gasteiger partial charge in [0, 0.05) is 24.4 Å². The Morgan fingerprint density at radius 3 is 2.92 bits per heavy atom. The second-order valence-electron chi connectivity index (χ2n) is 5.65. The lowest BCUT2D eigenvalue weighted by atomic mass is 10.1. The Hall–Kier alpha value is -3.28. The predicted octanol–water partition coefficient (Wildman–Crippen LogP) is 3.15. The van der Waals surface area contributed by atoms with Crippen LogP contribution in [-0.4, -0.2) is 31.4 Å². The maximum Gasteiger partial charge on any atom is 0.177 e. The fourth-order valence-electron chi connectivity index (χ4n) is 2.63. The van der Waals surface area contributed by atoms with Crippen LogP contribution in [0.25, 0.3) is 16.9 Å². The van der Waals surface area contributed by atoms with E-state index in [1.807, 2.05) is 36.4 Å². The van der Waals surface area contributed by atoms with Crippen LogP contribution in [0.4, 0.5) is 0 Å². The third-order valence-electron chi connectivity index (χ3n) is 3.89. The summed E-state index contributed by atoms with van der Waals surface area (Å²) >= 11 is 0. The van der Waals surface area contributed by atoms with Crippen molar-refractivity contribution in [1.82, 2.24) is 24.8 Å². The fourth-order valence-corrected chi connectivity index (χ4v) is 2.63. The molecule has 4 heterocycles. The van der Waals surface area contributed by atoms with Crippen molar-refractivity contribution in [3.05, 3.63) is 78.6 Å². The molecule has 0 saturated heterocycles. The standard InChI is InChI=1S/C19H17N5O/c1-2-12-25-13-3-5-15(4-1)14-19-22-21-18-7-6-17(23-24(18)19)16-8-10-20-11-9-16/h1,3-11,13H,2,12,14H2/b4-1+,13-3+,15-5+. The smallest absolute Gasteiger partial charge is 0.177 e. The molecule has 25 heavy (non-hydrogen) atoms. The summed E-state index contributed by atoms with van der Waals surface area (Å²) in [6.07, 6.45) is 14.9. The average molecular weight is 331 g/mol. The Kier molecular flexibility index (Phi) is 4.33. The van der Waals surface area contributed by atoms with Crippen LogP contribution in [0.2, 0.25) is 0 Å². The van der Waals surface area contributed by atoms with E-state index in [4.69, 9.17) is 9.84 Å². The second-order valence-corrected chi connectivity index (χ2v) is 5.65. The number of allylic oxidation sites excluding steroid dienone is 4. The molecule has 0 spiro atoms. The molecule has 0 fully saturated rings. The molecule has 0 radical (unpaired) electrons. The van der Waals surface area contributed by atoms with E-state index in [9.17, 15) is 0 Å². The molecule has 6 heteroatoms. The minimum atomic E-state index is 0.648. The zero-order valence-corrected chi connectivity index (χ0v) is 13.6. The van der Waals surface area contributed by atoms with Crippen LogP contribution in [0.3, 0.4) is 0 Å². The molecular formula is C19H17N5O. The highest BCUT2D eigenvalue weighted by molar-refractivity contribution is 5.59. The summed E-state index contributed by atoms with van der Waals surface area (Å²) in [6.45, 7) is 0.693. The van der Waals surface area contributed by atoms with Crippen molar-refractivity contribution in [2.24, 2.45) is 0 Å². The lowest BCUT2D eigenvalue weighted by molar-refractivity contribution is 0.256. The van der Waals surface area contributed by atoms with Gasteiger partial charge < -0.3 is 4.74 Å². The SMILES string of the molecule is C1=C(Cc2nnc3ccc(-c4ccncc4)nn23)\C=C\CCO/C=C/1. The number of fused-ring (bicyclic) bond motifs is 1. The molecule has 124 valence electrons. The van der Waals surface area contributed by atoms with E-state index in [-0.39, 0.29) is 0 Å². The monoisotopic (exact) mass is 331 g/mol. The summed E-state index contributed by atoms with van der Waals surface area (Å²) in [5, 5.41) is 13.2. The normalized spacial score (nSPS) is 19.1. The van der Waals surface area contributed by atoms with Gasteiger partial charge in [-0.25, -0.2) is 0 Å². The van der Waals surface area contributed by atoms with Gasteiger partial charge in [-0.05, 0) is 42.3 Å². The third-order valence-corrected chi connectivity index (χ3v) is 3.89. The van der Waals surface area contributed by atoms with Gasteiger partial charge in [0.1, 0.15) is 0 Å². The first kappa shape index (κ1) is 15.3. The first-order chi connectivity index (χ1) is 12.4. The highest BCUT2D eigenvalue weighted by atomic mass is 16.5. The van der Waals surface area contributed by atoms with E-state index in [1.54, 1.807) is 23.2 Å². The van der Waals surface area contributed by atoms with Crippen molar-refractivity contribution in [2.45, 2.75) is 12.8 Å². The molecule has 0 aromatic carbocycles. The molecule has 0 saturated carbocycles. The number of pyridine rings is 1. The first-order valence-electron chi connectivity index (χ1n) is 8.16.